The van der Waals surface area contributed by atoms with Gasteiger partial charge in [-0.15, -0.1) is 0 Å². The highest BCUT2D eigenvalue weighted by atomic mass is 31.2. The van der Waals surface area contributed by atoms with Gasteiger partial charge >= 0.3 is 39.5 Å². The van der Waals surface area contributed by atoms with Gasteiger partial charge in [-0.3, -0.25) is 37.3 Å². The molecule has 0 saturated carbocycles. The third kappa shape index (κ3) is 62.6. The van der Waals surface area contributed by atoms with Gasteiger partial charge in [0.2, 0.25) is 0 Å². The number of ether oxygens (including phenoxy) is 4. The SMILES string of the molecule is CCCCCCCCCCCCCCCCCCCCCC(=O)O[C@H](COC(=O)CCCCCCCCCCCCCCCCCC(C)C)COP(=O)(O)OC[C@@H](O)COP(=O)(O)OC[C@@H](COC(=O)CCCCCCC)OC(=O)CCCCCCC. The van der Waals surface area contributed by atoms with Gasteiger partial charge in [0, 0.05) is 25.7 Å². The smallest absolute Gasteiger partial charge is 0.462 e. The zero-order valence-electron chi connectivity index (χ0n) is 56.2. The van der Waals surface area contributed by atoms with Crippen molar-refractivity contribution in [2.24, 2.45) is 5.92 Å². The standard InChI is InChI=1S/C68H132O17P2/c1-6-9-12-15-16-17-18-19-20-21-22-23-26-30-33-36-39-44-49-54-68(73)85-64(58-79-66(71)52-47-43-38-35-32-29-27-24-25-28-31-34-37-42-45-50-61(4)5)60-83-87(76,77)81-56-62(69)55-80-86(74,75)82-59-63(84-67(72)53-48-41-14-11-8-3)57-78-65(70)51-46-40-13-10-7-2/h61-64,69H,6-60H2,1-5H3,(H,74,75)(H,76,77)/t62-,63+,64+/m0/s1. The molecule has 0 aliphatic rings. The van der Waals surface area contributed by atoms with E-state index in [4.69, 9.17) is 37.0 Å². The van der Waals surface area contributed by atoms with Gasteiger partial charge < -0.3 is 33.8 Å². The Hall–Kier alpha value is -1.94. The Bertz CT molecular complexity index is 1690. The van der Waals surface area contributed by atoms with Crippen molar-refractivity contribution in [1.82, 2.24) is 0 Å². The lowest BCUT2D eigenvalue weighted by molar-refractivity contribution is -0.161. The van der Waals surface area contributed by atoms with Gasteiger partial charge in [-0.1, -0.05) is 298 Å². The first-order valence-electron chi connectivity index (χ1n) is 35.6. The van der Waals surface area contributed by atoms with Crippen LogP contribution in [0.5, 0.6) is 0 Å². The second kappa shape index (κ2) is 61.6. The van der Waals surface area contributed by atoms with Crippen LogP contribution < -0.4 is 0 Å². The molecule has 5 atom stereocenters. The molecule has 0 saturated heterocycles. The summed E-state index contributed by atoms with van der Waals surface area (Å²) >= 11 is 0. The lowest BCUT2D eigenvalue weighted by Crippen LogP contribution is -2.30. The molecular weight excluding hydrogens is 1150 g/mol. The zero-order chi connectivity index (χ0) is 64.2. The van der Waals surface area contributed by atoms with Crippen molar-refractivity contribution in [2.45, 2.75) is 368 Å². The number of esters is 4. The lowest BCUT2D eigenvalue weighted by atomic mass is 10.0. The molecule has 0 heterocycles. The summed E-state index contributed by atoms with van der Waals surface area (Å²) in [5, 5.41) is 10.5. The van der Waals surface area contributed by atoms with Crippen molar-refractivity contribution in [3.63, 3.8) is 0 Å². The Morgan fingerprint density at radius 2 is 0.529 bits per heavy atom. The van der Waals surface area contributed by atoms with Gasteiger partial charge in [-0.25, -0.2) is 9.13 Å². The van der Waals surface area contributed by atoms with Crippen LogP contribution in [-0.4, -0.2) is 96.7 Å². The number of phosphoric ester groups is 2. The molecule has 0 rings (SSSR count). The topological polar surface area (TPSA) is 237 Å². The van der Waals surface area contributed by atoms with E-state index in [0.717, 1.165) is 102 Å². The molecule has 0 aromatic rings. The second-order valence-electron chi connectivity index (χ2n) is 25.0. The van der Waals surface area contributed by atoms with Gasteiger partial charge in [0.15, 0.2) is 12.2 Å². The quantitative estimate of drug-likeness (QED) is 0.0222. The van der Waals surface area contributed by atoms with Crippen molar-refractivity contribution in [3.8, 4) is 0 Å². The molecule has 0 aromatic carbocycles. The summed E-state index contributed by atoms with van der Waals surface area (Å²) in [5.41, 5.74) is 0. The molecule has 2 unspecified atom stereocenters. The molecule has 0 aromatic heterocycles. The number of aliphatic hydroxyl groups excluding tert-OH is 1. The number of carbonyl (C=O) groups is 4. The molecule has 19 heteroatoms. The highest BCUT2D eigenvalue weighted by molar-refractivity contribution is 7.47. The largest absolute Gasteiger partial charge is 0.472 e. The first-order chi connectivity index (χ1) is 42.0. The van der Waals surface area contributed by atoms with E-state index in [0.29, 0.717) is 25.7 Å². The van der Waals surface area contributed by atoms with Crippen LogP contribution in [0.1, 0.15) is 349 Å². The van der Waals surface area contributed by atoms with E-state index in [-0.39, 0.29) is 25.7 Å². The minimum Gasteiger partial charge on any atom is -0.462 e. The molecule has 0 radical (unpaired) electrons. The fourth-order valence-electron chi connectivity index (χ4n) is 10.3. The first-order valence-corrected chi connectivity index (χ1v) is 38.6. The minimum absolute atomic E-state index is 0.0991. The molecule has 0 amide bonds. The maximum Gasteiger partial charge on any atom is 0.472 e. The van der Waals surface area contributed by atoms with Crippen molar-refractivity contribution < 1.29 is 80.2 Å². The molecule has 0 aliphatic carbocycles. The third-order valence-electron chi connectivity index (χ3n) is 15.8. The Balaban J connectivity index is 5.05. The fourth-order valence-corrected chi connectivity index (χ4v) is 11.9. The van der Waals surface area contributed by atoms with Gasteiger partial charge in [0.1, 0.15) is 19.3 Å². The summed E-state index contributed by atoms with van der Waals surface area (Å²) in [6.07, 6.45) is 48.2. The van der Waals surface area contributed by atoms with Gasteiger partial charge in [0.05, 0.1) is 26.4 Å². The molecule has 0 spiro atoms. The summed E-state index contributed by atoms with van der Waals surface area (Å²) in [6.45, 7) is 7.07. The van der Waals surface area contributed by atoms with Crippen LogP contribution in [0.2, 0.25) is 0 Å². The fraction of sp³-hybridized carbons (Fsp3) is 0.941. The number of hydrogen-bond acceptors (Lipinski definition) is 15. The van der Waals surface area contributed by atoms with Crippen LogP contribution >= 0.6 is 15.6 Å². The number of hydrogen-bond donors (Lipinski definition) is 3. The van der Waals surface area contributed by atoms with E-state index in [2.05, 4.69) is 34.6 Å². The predicted octanol–water partition coefficient (Wildman–Crippen LogP) is 19.4. The molecule has 17 nitrogen and oxygen atoms in total. The van der Waals surface area contributed by atoms with Crippen molar-refractivity contribution in [2.75, 3.05) is 39.6 Å². The number of rotatable bonds is 68. The van der Waals surface area contributed by atoms with E-state index in [1.807, 2.05) is 0 Å². The van der Waals surface area contributed by atoms with Gasteiger partial charge in [-0.2, -0.15) is 0 Å². The van der Waals surface area contributed by atoms with Crippen molar-refractivity contribution in [1.29, 1.82) is 0 Å². The number of aliphatic hydroxyl groups is 1. The summed E-state index contributed by atoms with van der Waals surface area (Å²) in [7, 11) is -9.87. The maximum absolute atomic E-state index is 13.0. The monoisotopic (exact) mass is 1280 g/mol. The molecule has 3 N–H and O–H groups in total. The molecule has 0 aliphatic heterocycles. The van der Waals surface area contributed by atoms with Crippen LogP contribution in [0.25, 0.3) is 0 Å². The predicted molar refractivity (Wildman–Crippen MR) is 349 cm³/mol. The Morgan fingerprint density at radius 3 is 0.782 bits per heavy atom. The molecular formula is C68H132O17P2. The van der Waals surface area contributed by atoms with E-state index in [1.165, 1.54) is 167 Å². The van der Waals surface area contributed by atoms with Crippen LogP contribution in [0.3, 0.4) is 0 Å². The Kier molecular flexibility index (Phi) is 60.2. The number of carbonyl (C=O) groups excluding carboxylic acids is 4. The Labute approximate surface area is 530 Å². The van der Waals surface area contributed by atoms with E-state index in [1.54, 1.807) is 0 Å². The average Bonchev–Trinajstić information content (AvgIpc) is 3.70. The normalized spacial score (nSPS) is 14.1. The number of unbranched alkanes of at least 4 members (excludes halogenated alkanes) is 40. The average molecular weight is 1280 g/mol. The highest BCUT2D eigenvalue weighted by Crippen LogP contribution is 2.45. The summed E-state index contributed by atoms with van der Waals surface area (Å²) in [5.74, 6) is -1.34. The van der Waals surface area contributed by atoms with E-state index in [9.17, 15) is 43.2 Å². The summed E-state index contributed by atoms with van der Waals surface area (Å²) in [6, 6.07) is 0. The highest BCUT2D eigenvalue weighted by Gasteiger charge is 2.30. The van der Waals surface area contributed by atoms with Crippen molar-refractivity contribution in [3.05, 3.63) is 0 Å². The third-order valence-corrected chi connectivity index (χ3v) is 17.7. The van der Waals surface area contributed by atoms with E-state index < -0.39 is 97.5 Å². The molecule has 87 heavy (non-hydrogen) atoms. The first kappa shape index (κ1) is 85.1. The number of phosphoric acid groups is 2. The Morgan fingerprint density at radius 1 is 0.310 bits per heavy atom. The minimum atomic E-state index is -4.95. The molecule has 516 valence electrons. The van der Waals surface area contributed by atoms with Crippen molar-refractivity contribution >= 4 is 39.5 Å². The second-order valence-corrected chi connectivity index (χ2v) is 27.9. The van der Waals surface area contributed by atoms with Crippen LogP contribution in [0.15, 0.2) is 0 Å². The van der Waals surface area contributed by atoms with Gasteiger partial charge in [-0.05, 0) is 31.6 Å². The molecule has 0 bridgehead atoms. The summed E-state index contributed by atoms with van der Waals surface area (Å²) < 4.78 is 67.7. The lowest BCUT2D eigenvalue weighted by Gasteiger charge is -2.21. The van der Waals surface area contributed by atoms with Gasteiger partial charge in [0.25, 0.3) is 0 Å². The summed E-state index contributed by atoms with van der Waals surface area (Å²) in [4.78, 5) is 71.8. The van der Waals surface area contributed by atoms with E-state index >= 15 is 0 Å². The van der Waals surface area contributed by atoms with Crippen LogP contribution in [0, 0.1) is 5.92 Å². The van der Waals surface area contributed by atoms with Crippen LogP contribution in [0.4, 0.5) is 0 Å². The maximum atomic E-state index is 13.0. The molecule has 0 fully saturated rings. The zero-order valence-corrected chi connectivity index (χ0v) is 57.9. The van der Waals surface area contributed by atoms with Crippen LogP contribution in [-0.2, 0) is 65.4 Å².